The molecule has 78 valence electrons. The van der Waals surface area contributed by atoms with Gasteiger partial charge in [-0.15, -0.1) is 0 Å². The number of ether oxygens (including phenoxy) is 1. The molecule has 3 nitrogen and oxygen atoms in total. The van der Waals surface area contributed by atoms with Crippen molar-refractivity contribution in [3.63, 3.8) is 0 Å². The van der Waals surface area contributed by atoms with E-state index in [9.17, 15) is 0 Å². The van der Waals surface area contributed by atoms with Gasteiger partial charge in [0.05, 0.1) is 12.1 Å². The third-order valence-electron chi connectivity index (χ3n) is 1.97. The van der Waals surface area contributed by atoms with Gasteiger partial charge in [-0.05, 0) is 19.4 Å². The maximum Gasteiger partial charge on any atom is 0.125 e. The number of hydrogen-bond donors (Lipinski definition) is 2. The van der Waals surface area contributed by atoms with Crippen LogP contribution < -0.4 is 11.5 Å². The van der Waals surface area contributed by atoms with E-state index in [-0.39, 0.29) is 12.1 Å². The second kappa shape index (κ2) is 5.10. The highest BCUT2D eigenvalue weighted by atomic mass is 16.5. The molecule has 3 heteroatoms. The van der Waals surface area contributed by atoms with Crippen molar-refractivity contribution in [1.29, 1.82) is 0 Å². The van der Waals surface area contributed by atoms with Gasteiger partial charge in [0.2, 0.25) is 0 Å². The lowest BCUT2D eigenvalue weighted by Crippen LogP contribution is -2.38. The van der Waals surface area contributed by atoms with E-state index in [2.05, 4.69) is 0 Å². The van der Waals surface area contributed by atoms with Crippen LogP contribution in [0.25, 0.3) is 0 Å². The molecule has 0 heterocycles. The Bertz CT molecular complexity index is 261. The van der Waals surface area contributed by atoms with Crippen LogP contribution in [0.3, 0.4) is 0 Å². The molecule has 2 atom stereocenters. The van der Waals surface area contributed by atoms with E-state index >= 15 is 0 Å². The summed E-state index contributed by atoms with van der Waals surface area (Å²) in [6.07, 6.45) is -0.350. The molecule has 0 saturated carbocycles. The SMILES string of the molecule is CC(C)OC(N)C(N)c1ccccc1. The molecule has 0 aliphatic carbocycles. The van der Waals surface area contributed by atoms with Gasteiger partial charge in [-0.2, -0.15) is 0 Å². The Morgan fingerprint density at radius 3 is 2.14 bits per heavy atom. The maximum absolute atomic E-state index is 5.94. The zero-order chi connectivity index (χ0) is 10.6. The first-order chi connectivity index (χ1) is 6.61. The van der Waals surface area contributed by atoms with Crippen LogP contribution in [0.5, 0.6) is 0 Å². The predicted molar refractivity (Wildman–Crippen MR) is 57.6 cm³/mol. The van der Waals surface area contributed by atoms with E-state index in [1.54, 1.807) is 0 Å². The monoisotopic (exact) mass is 194 g/mol. The van der Waals surface area contributed by atoms with Gasteiger partial charge in [0.25, 0.3) is 0 Å². The summed E-state index contributed by atoms with van der Waals surface area (Å²) in [5.74, 6) is 0. The largest absolute Gasteiger partial charge is 0.359 e. The maximum atomic E-state index is 5.94. The standard InChI is InChI=1S/C11H18N2O/c1-8(2)14-11(13)10(12)9-6-4-3-5-7-9/h3-8,10-11H,12-13H2,1-2H3. The first kappa shape index (κ1) is 11.2. The van der Waals surface area contributed by atoms with Crippen molar-refractivity contribution in [2.75, 3.05) is 0 Å². The van der Waals surface area contributed by atoms with Crippen LogP contribution in [0.15, 0.2) is 30.3 Å². The lowest BCUT2D eigenvalue weighted by molar-refractivity contribution is -0.00316. The Labute approximate surface area is 85.0 Å². The lowest BCUT2D eigenvalue weighted by atomic mass is 10.1. The Kier molecular flexibility index (Phi) is 4.07. The van der Waals surface area contributed by atoms with Gasteiger partial charge in [0.1, 0.15) is 6.23 Å². The minimum Gasteiger partial charge on any atom is -0.359 e. The van der Waals surface area contributed by atoms with Gasteiger partial charge in [-0.1, -0.05) is 30.3 Å². The van der Waals surface area contributed by atoms with Gasteiger partial charge < -0.3 is 16.2 Å². The van der Waals surface area contributed by atoms with Gasteiger partial charge in [-0.3, -0.25) is 0 Å². The van der Waals surface area contributed by atoms with Gasteiger partial charge in [0, 0.05) is 0 Å². The molecule has 2 unspecified atom stereocenters. The molecular weight excluding hydrogens is 176 g/mol. The quantitative estimate of drug-likeness (QED) is 0.712. The van der Waals surface area contributed by atoms with Crippen molar-refractivity contribution >= 4 is 0 Å². The summed E-state index contributed by atoms with van der Waals surface area (Å²) in [7, 11) is 0. The summed E-state index contributed by atoms with van der Waals surface area (Å²) in [5, 5.41) is 0. The Morgan fingerprint density at radius 2 is 1.64 bits per heavy atom. The van der Waals surface area contributed by atoms with Crippen molar-refractivity contribution < 1.29 is 4.74 Å². The Hall–Kier alpha value is -0.900. The average Bonchev–Trinajstić information content (AvgIpc) is 2.17. The van der Waals surface area contributed by atoms with E-state index in [1.807, 2.05) is 44.2 Å². The third-order valence-corrected chi connectivity index (χ3v) is 1.97. The topological polar surface area (TPSA) is 61.3 Å². The second-order valence-electron chi connectivity index (χ2n) is 3.59. The molecule has 4 N–H and O–H groups in total. The smallest absolute Gasteiger partial charge is 0.125 e. The normalized spacial score (nSPS) is 15.5. The van der Waals surface area contributed by atoms with Crippen LogP contribution in [-0.2, 0) is 4.74 Å². The van der Waals surface area contributed by atoms with Crippen LogP contribution in [-0.4, -0.2) is 12.3 Å². The summed E-state index contributed by atoms with van der Waals surface area (Å²) in [6.45, 7) is 3.88. The van der Waals surface area contributed by atoms with Crippen LogP contribution in [0.2, 0.25) is 0 Å². The van der Waals surface area contributed by atoms with Crippen molar-refractivity contribution in [2.45, 2.75) is 32.2 Å². The third kappa shape index (κ3) is 3.10. The van der Waals surface area contributed by atoms with Gasteiger partial charge in [-0.25, -0.2) is 0 Å². The average molecular weight is 194 g/mol. The molecule has 0 saturated heterocycles. The van der Waals surface area contributed by atoms with Crippen LogP contribution in [0.1, 0.15) is 25.5 Å². The molecule has 0 aliphatic heterocycles. The van der Waals surface area contributed by atoms with Crippen LogP contribution in [0.4, 0.5) is 0 Å². The molecule has 1 aromatic rings. The highest BCUT2D eigenvalue weighted by molar-refractivity contribution is 5.19. The van der Waals surface area contributed by atoms with Crippen molar-refractivity contribution in [3.8, 4) is 0 Å². The Morgan fingerprint density at radius 1 is 1.07 bits per heavy atom. The zero-order valence-corrected chi connectivity index (χ0v) is 8.68. The van der Waals surface area contributed by atoms with E-state index in [0.717, 1.165) is 5.56 Å². The lowest BCUT2D eigenvalue weighted by Gasteiger charge is -2.22. The van der Waals surface area contributed by atoms with E-state index < -0.39 is 6.23 Å². The van der Waals surface area contributed by atoms with Crippen molar-refractivity contribution in [1.82, 2.24) is 0 Å². The fraction of sp³-hybridized carbons (Fsp3) is 0.455. The number of nitrogens with two attached hydrogens (primary N) is 2. The summed E-state index contributed by atoms with van der Waals surface area (Å²) < 4.78 is 5.42. The van der Waals surface area contributed by atoms with Crippen LogP contribution >= 0.6 is 0 Å². The molecule has 0 fully saturated rings. The molecule has 0 amide bonds. The number of hydrogen-bond acceptors (Lipinski definition) is 3. The molecule has 14 heavy (non-hydrogen) atoms. The summed E-state index contributed by atoms with van der Waals surface area (Å²) in [5.41, 5.74) is 12.7. The van der Waals surface area contributed by atoms with Gasteiger partial charge >= 0.3 is 0 Å². The van der Waals surface area contributed by atoms with E-state index in [4.69, 9.17) is 16.2 Å². The number of rotatable bonds is 4. The first-order valence-corrected chi connectivity index (χ1v) is 4.83. The molecular formula is C11H18N2O. The minimum atomic E-state index is -0.447. The second-order valence-corrected chi connectivity index (χ2v) is 3.59. The summed E-state index contributed by atoms with van der Waals surface area (Å²) in [6, 6.07) is 9.47. The molecule has 0 bridgehead atoms. The van der Waals surface area contributed by atoms with Gasteiger partial charge in [0.15, 0.2) is 0 Å². The zero-order valence-electron chi connectivity index (χ0n) is 8.68. The molecule has 1 rings (SSSR count). The Balaban J connectivity index is 2.61. The molecule has 1 aromatic carbocycles. The predicted octanol–water partition coefficient (Wildman–Crippen LogP) is 1.40. The molecule has 0 spiro atoms. The summed E-state index contributed by atoms with van der Waals surface area (Å²) >= 11 is 0. The minimum absolute atomic E-state index is 0.0970. The highest BCUT2D eigenvalue weighted by Crippen LogP contribution is 2.13. The molecule has 0 radical (unpaired) electrons. The van der Waals surface area contributed by atoms with Crippen molar-refractivity contribution in [2.24, 2.45) is 11.5 Å². The molecule has 0 aliphatic rings. The highest BCUT2D eigenvalue weighted by Gasteiger charge is 2.16. The number of benzene rings is 1. The first-order valence-electron chi connectivity index (χ1n) is 4.83. The van der Waals surface area contributed by atoms with Crippen LogP contribution in [0, 0.1) is 0 Å². The van der Waals surface area contributed by atoms with E-state index in [1.165, 1.54) is 0 Å². The summed E-state index contributed by atoms with van der Waals surface area (Å²) in [4.78, 5) is 0. The fourth-order valence-corrected chi connectivity index (χ4v) is 1.26. The molecule has 0 aromatic heterocycles. The fourth-order valence-electron chi connectivity index (χ4n) is 1.26. The van der Waals surface area contributed by atoms with E-state index in [0.29, 0.717) is 0 Å². The van der Waals surface area contributed by atoms with Crippen molar-refractivity contribution in [3.05, 3.63) is 35.9 Å².